The number of esters is 2. The first-order valence-electron chi connectivity index (χ1n) is 14.4. The van der Waals surface area contributed by atoms with Gasteiger partial charge in [0.15, 0.2) is 0 Å². The zero-order valence-corrected chi connectivity index (χ0v) is 25.2. The largest absolute Gasteiger partial charge is 0.460 e. The first kappa shape index (κ1) is 32.0. The number of carbonyl (C=O) groups is 2. The molecule has 6 heteroatoms. The molecule has 41 heavy (non-hydrogen) atoms. The summed E-state index contributed by atoms with van der Waals surface area (Å²) in [6, 6.07) is 29.1. The molecule has 0 aliphatic rings. The van der Waals surface area contributed by atoms with E-state index in [9.17, 15) is 14.7 Å². The number of carbonyl (C=O) groups excluding carboxylic acids is 2. The van der Waals surface area contributed by atoms with Crippen LogP contribution < -0.4 is 5.32 Å². The van der Waals surface area contributed by atoms with Crippen LogP contribution in [-0.2, 0) is 24.6 Å². The maximum absolute atomic E-state index is 14.0. The van der Waals surface area contributed by atoms with Crippen LogP contribution in [0.2, 0.25) is 0 Å². The molecule has 0 radical (unpaired) electrons. The summed E-state index contributed by atoms with van der Waals surface area (Å²) in [6.07, 6.45) is 0.922. The van der Waals surface area contributed by atoms with Gasteiger partial charge in [0.2, 0.25) is 0 Å². The van der Waals surface area contributed by atoms with Gasteiger partial charge in [-0.3, -0.25) is 14.9 Å². The summed E-state index contributed by atoms with van der Waals surface area (Å²) in [7, 11) is 0. The normalized spacial score (nSPS) is 13.7. The van der Waals surface area contributed by atoms with E-state index in [0.29, 0.717) is 12.8 Å². The third kappa shape index (κ3) is 9.00. The van der Waals surface area contributed by atoms with E-state index in [4.69, 9.17) is 9.47 Å². The topological polar surface area (TPSA) is 84.9 Å². The van der Waals surface area contributed by atoms with Crippen LogP contribution in [0.5, 0.6) is 0 Å². The van der Waals surface area contributed by atoms with Gasteiger partial charge in [0.25, 0.3) is 0 Å². The van der Waals surface area contributed by atoms with E-state index in [1.807, 2.05) is 133 Å². The molecule has 0 heterocycles. The molecule has 0 spiro atoms. The lowest BCUT2D eigenvalue weighted by atomic mass is 9.76. The van der Waals surface area contributed by atoms with Crippen molar-refractivity contribution in [3.8, 4) is 0 Å². The van der Waals surface area contributed by atoms with Gasteiger partial charge in [0, 0.05) is 6.61 Å². The number of ether oxygens (including phenoxy) is 2. The van der Waals surface area contributed by atoms with Gasteiger partial charge < -0.3 is 14.6 Å². The Balaban J connectivity index is 2.20. The number of nitrogens with one attached hydrogen (secondary N) is 1. The smallest absolute Gasteiger partial charge is 0.323 e. The van der Waals surface area contributed by atoms with Crippen molar-refractivity contribution in [2.75, 3.05) is 6.61 Å². The fourth-order valence-corrected chi connectivity index (χ4v) is 5.00. The highest BCUT2D eigenvalue weighted by Gasteiger charge is 2.42. The third-order valence-electron chi connectivity index (χ3n) is 6.67. The Kier molecular flexibility index (Phi) is 10.9. The Morgan fingerprint density at radius 1 is 0.683 bits per heavy atom. The van der Waals surface area contributed by atoms with Crippen molar-refractivity contribution in [1.29, 1.82) is 0 Å². The summed E-state index contributed by atoms with van der Waals surface area (Å²) < 4.78 is 11.7. The zero-order chi connectivity index (χ0) is 30.1. The van der Waals surface area contributed by atoms with Crippen molar-refractivity contribution in [2.24, 2.45) is 5.92 Å². The van der Waals surface area contributed by atoms with E-state index in [2.05, 4.69) is 5.32 Å². The first-order valence-corrected chi connectivity index (χ1v) is 14.4. The second kappa shape index (κ2) is 13.9. The van der Waals surface area contributed by atoms with Crippen LogP contribution in [0.15, 0.2) is 91.0 Å². The summed E-state index contributed by atoms with van der Waals surface area (Å²) in [5.41, 5.74) is 0.449. The molecule has 2 atom stereocenters. The van der Waals surface area contributed by atoms with Gasteiger partial charge in [0.1, 0.15) is 17.2 Å². The lowest BCUT2D eigenvalue weighted by molar-refractivity contribution is -0.163. The average molecular weight is 560 g/mol. The molecular weight excluding hydrogens is 514 g/mol. The Morgan fingerprint density at radius 3 is 1.44 bits per heavy atom. The molecule has 6 nitrogen and oxygen atoms in total. The monoisotopic (exact) mass is 559 g/mol. The van der Waals surface area contributed by atoms with Gasteiger partial charge in [-0.2, -0.15) is 0 Å². The molecule has 0 saturated heterocycles. The molecule has 2 N–H and O–H groups in total. The quantitative estimate of drug-likeness (QED) is 0.197. The van der Waals surface area contributed by atoms with Gasteiger partial charge in [-0.1, -0.05) is 91.0 Å². The summed E-state index contributed by atoms with van der Waals surface area (Å²) in [5, 5.41) is 13.3. The van der Waals surface area contributed by atoms with Crippen LogP contribution in [0.1, 0.15) is 77.5 Å². The van der Waals surface area contributed by atoms with E-state index in [1.54, 1.807) is 0 Å². The van der Waals surface area contributed by atoms with Gasteiger partial charge in [-0.15, -0.1) is 0 Å². The van der Waals surface area contributed by atoms with Crippen molar-refractivity contribution in [3.63, 3.8) is 0 Å². The lowest BCUT2D eigenvalue weighted by Crippen LogP contribution is -2.54. The van der Waals surface area contributed by atoms with E-state index >= 15 is 0 Å². The molecule has 0 fully saturated rings. The molecule has 0 aliphatic carbocycles. The number of aliphatic hydroxyl groups excluding tert-OH is 1. The minimum Gasteiger partial charge on any atom is -0.460 e. The Labute approximate surface area is 245 Å². The lowest BCUT2D eigenvalue weighted by Gasteiger charge is -2.40. The van der Waals surface area contributed by atoms with Gasteiger partial charge in [-0.05, 0) is 77.5 Å². The molecule has 0 aliphatic heterocycles. The van der Waals surface area contributed by atoms with E-state index in [-0.39, 0.29) is 13.0 Å². The van der Waals surface area contributed by atoms with Crippen LogP contribution in [-0.4, -0.2) is 40.9 Å². The zero-order valence-electron chi connectivity index (χ0n) is 25.2. The summed E-state index contributed by atoms with van der Waals surface area (Å²) in [6.45, 7) is 10.9. The standard InChI is InChI=1S/C35H45NO5/c1-33(2,3)40-31(38)26(17-16-24-37)25-30(32(39)41-34(4,5)6)36-35(27-18-10-7-11-19-27,28-20-12-8-13-21-28)29-22-14-9-15-23-29/h7-15,18-23,26,30,36-37H,16-17,24-25H2,1-6H3/t26?,30-/m1/s1. The molecule has 0 bridgehead atoms. The fraction of sp³-hybridized carbons (Fsp3) is 0.429. The maximum Gasteiger partial charge on any atom is 0.323 e. The molecule has 1 unspecified atom stereocenters. The minimum atomic E-state index is -0.944. The highest BCUT2D eigenvalue weighted by Crippen LogP contribution is 2.38. The average Bonchev–Trinajstić information content (AvgIpc) is 2.92. The Morgan fingerprint density at radius 2 is 1.07 bits per heavy atom. The Bertz CT molecular complexity index is 1130. The Hall–Kier alpha value is -3.48. The molecule has 3 aromatic rings. The van der Waals surface area contributed by atoms with Gasteiger partial charge in [-0.25, -0.2) is 0 Å². The summed E-state index contributed by atoms with van der Waals surface area (Å²) >= 11 is 0. The number of hydrogen-bond acceptors (Lipinski definition) is 6. The van der Waals surface area contributed by atoms with Crippen LogP contribution in [0, 0.1) is 5.92 Å². The van der Waals surface area contributed by atoms with E-state index in [0.717, 1.165) is 16.7 Å². The second-order valence-corrected chi connectivity index (χ2v) is 12.4. The number of aliphatic hydroxyl groups is 1. The molecule has 3 aromatic carbocycles. The number of hydrogen-bond donors (Lipinski definition) is 2. The number of rotatable bonds is 12. The SMILES string of the molecule is CC(C)(C)OC(=O)C(CCCO)C[C@@H](NC(c1ccccc1)(c1ccccc1)c1ccccc1)C(=O)OC(C)(C)C. The number of benzene rings is 3. The predicted molar refractivity (Wildman–Crippen MR) is 162 cm³/mol. The van der Waals surface area contributed by atoms with Crippen molar-refractivity contribution in [2.45, 2.75) is 83.6 Å². The highest BCUT2D eigenvalue weighted by atomic mass is 16.6. The molecule has 0 saturated carbocycles. The van der Waals surface area contributed by atoms with Crippen LogP contribution in [0.3, 0.4) is 0 Å². The molecular formula is C35H45NO5. The molecule has 0 aromatic heterocycles. The van der Waals surface area contributed by atoms with Crippen LogP contribution in [0.25, 0.3) is 0 Å². The summed E-state index contributed by atoms with van der Waals surface area (Å²) in [4.78, 5) is 27.4. The highest BCUT2D eigenvalue weighted by molar-refractivity contribution is 5.79. The molecule has 3 rings (SSSR count). The minimum absolute atomic E-state index is 0.0637. The van der Waals surface area contributed by atoms with Crippen molar-refractivity contribution in [3.05, 3.63) is 108 Å². The van der Waals surface area contributed by atoms with E-state index in [1.165, 1.54) is 0 Å². The molecule has 0 amide bonds. The fourth-order valence-electron chi connectivity index (χ4n) is 5.00. The van der Waals surface area contributed by atoms with Crippen LogP contribution in [0.4, 0.5) is 0 Å². The van der Waals surface area contributed by atoms with Gasteiger partial charge in [0.05, 0.1) is 11.5 Å². The van der Waals surface area contributed by atoms with Gasteiger partial charge >= 0.3 is 11.9 Å². The van der Waals surface area contributed by atoms with Crippen molar-refractivity contribution < 1.29 is 24.2 Å². The first-order chi connectivity index (χ1) is 19.4. The maximum atomic E-state index is 14.0. The predicted octanol–water partition coefficient (Wildman–Crippen LogP) is 6.40. The van der Waals surface area contributed by atoms with Crippen molar-refractivity contribution in [1.82, 2.24) is 5.32 Å². The third-order valence-corrected chi connectivity index (χ3v) is 6.67. The summed E-state index contributed by atoms with van der Waals surface area (Å²) in [5.74, 6) is -1.49. The van der Waals surface area contributed by atoms with E-state index < -0.39 is 40.6 Å². The van der Waals surface area contributed by atoms with Crippen molar-refractivity contribution >= 4 is 11.9 Å². The second-order valence-electron chi connectivity index (χ2n) is 12.4. The molecule has 220 valence electrons. The van der Waals surface area contributed by atoms with Crippen LogP contribution >= 0.6 is 0 Å².